The Balaban J connectivity index is 0.975. The number of benzene rings is 1. The summed E-state index contributed by atoms with van der Waals surface area (Å²) in [4.78, 5) is 37.4. The average Bonchev–Trinajstić information content (AvgIpc) is 3.74. The largest absolute Gasteiger partial charge is 0.416 e. The number of aliphatic hydroxyl groups is 1. The highest BCUT2D eigenvalue weighted by Crippen LogP contribution is 2.62. The van der Waals surface area contributed by atoms with E-state index in [0.29, 0.717) is 35.3 Å². The molecule has 5 fully saturated rings. The second-order valence-corrected chi connectivity index (χ2v) is 16.0. The molecule has 4 bridgehead atoms. The van der Waals surface area contributed by atoms with Gasteiger partial charge in [-0.05, 0) is 135 Å². The lowest BCUT2D eigenvalue weighted by molar-refractivity contribution is -0.142. The second-order valence-electron chi connectivity index (χ2n) is 15.0. The molecule has 5 saturated carbocycles. The number of carbonyl (C=O) groups excluding carboxylic acids is 1. The summed E-state index contributed by atoms with van der Waals surface area (Å²) in [6.45, 7) is 0.219. The number of halogens is 3. The van der Waals surface area contributed by atoms with Gasteiger partial charge in [0, 0.05) is 11.4 Å². The van der Waals surface area contributed by atoms with Crippen LogP contribution >= 0.6 is 11.3 Å². The molecule has 0 saturated heterocycles. The summed E-state index contributed by atoms with van der Waals surface area (Å²) < 4.78 is 39.7. The van der Waals surface area contributed by atoms with Crippen molar-refractivity contribution in [3.05, 3.63) is 84.7 Å². The number of aromatic amines is 1. The van der Waals surface area contributed by atoms with Crippen LogP contribution in [0.2, 0.25) is 0 Å². The molecule has 1 amide bonds. The van der Waals surface area contributed by atoms with E-state index in [0.717, 1.165) is 49.1 Å². The number of amides is 1. The number of thiophene rings is 1. The van der Waals surface area contributed by atoms with Crippen LogP contribution in [0, 0.1) is 23.2 Å². The molecular weight excluding hydrogens is 611 g/mol. The topological polar surface area (TPSA) is 86.3 Å². The Morgan fingerprint density at radius 1 is 1.11 bits per heavy atom. The zero-order chi connectivity index (χ0) is 31.8. The second kappa shape index (κ2) is 11.0. The zero-order valence-electron chi connectivity index (χ0n) is 25.9. The number of aryl methyl sites for hydroxylation is 2. The number of H-pyrrole nitrogens is 1. The molecule has 10 heteroatoms. The van der Waals surface area contributed by atoms with Crippen LogP contribution in [0.5, 0.6) is 0 Å². The first kappa shape index (κ1) is 30.4. The molecular formula is C36H40F3N3O3S. The van der Waals surface area contributed by atoms with Crippen LogP contribution in [0.3, 0.4) is 0 Å². The third-order valence-electron chi connectivity index (χ3n) is 11.8. The Hall–Kier alpha value is -2.98. The van der Waals surface area contributed by atoms with Crippen molar-refractivity contribution in [1.29, 1.82) is 0 Å². The highest BCUT2D eigenvalue weighted by molar-refractivity contribution is 7.10. The van der Waals surface area contributed by atoms with E-state index in [-0.39, 0.29) is 29.6 Å². The maximum Gasteiger partial charge on any atom is 0.416 e. The number of alkyl halides is 3. The third-order valence-corrected chi connectivity index (χ3v) is 13.0. The fourth-order valence-electron chi connectivity index (χ4n) is 9.73. The summed E-state index contributed by atoms with van der Waals surface area (Å²) >= 11 is 1.77. The normalized spacial score (nSPS) is 28.5. The molecule has 1 aliphatic heterocycles. The van der Waals surface area contributed by atoms with Crippen molar-refractivity contribution in [2.24, 2.45) is 23.2 Å². The predicted molar refractivity (Wildman–Crippen MR) is 168 cm³/mol. The Labute approximate surface area is 270 Å². The molecule has 3 heterocycles. The maximum absolute atomic E-state index is 13.5. The predicted octanol–water partition coefficient (Wildman–Crippen LogP) is 7.09. The Bertz CT molecular complexity index is 1690. The number of nitrogens with zero attached hydrogens (tertiary/aromatic N) is 2. The number of rotatable bonds is 7. The van der Waals surface area contributed by atoms with Gasteiger partial charge in [-0.1, -0.05) is 12.1 Å². The summed E-state index contributed by atoms with van der Waals surface area (Å²) in [6, 6.07) is 6.52. The van der Waals surface area contributed by atoms with Crippen LogP contribution in [0.4, 0.5) is 13.2 Å². The molecule has 244 valence electrons. The van der Waals surface area contributed by atoms with Gasteiger partial charge in [0.15, 0.2) is 6.10 Å². The van der Waals surface area contributed by atoms with E-state index in [4.69, 9.17) is 4.98 Å². The number of aromatic nitrogens is 2. The van der Waals surface area contributed by atoms with Crippen LogP contribution in [0.15, 0.2) is 40.5 Å². The lowest BCUT2D eigenvalue weighted by Gasteiger charge is -2.57. The van der Waals surface area contributed by atoms with Gasteiger partial charge in [0.1, 0.15) is 5.82 Å². The minimum absolute atomic E-state index is 0.0483. The van der Waals surface area contributed by atoms with E-state index in [1.807, 2.05) is 0 Å². The first-order chi connectivity index (χ1) is 22.0. The monoisotopic (exact) mass is 651 g/mol. The molecule has 2 N–H and O–H groups in total. The number of carbonyl (C=O) groups is 1. The summed E-state index contributed by atoms with van der Waals surface area (Å²) in [7, 11) is 0. The van der Waals surface area contributed by atoms with Crippen molar-refractivity contribution >= 4 is 17.2 Å². The lowest BCUT2D eigenvalue weighted by Crippen LogP contribution is -2.46. The zero-order valence-corrected chi connectivity index (χ0v) is 26.7. The molecule has 0 radical (unpaired) electrons. The smallest absolute Gasteiger partial charge is 0.378 e. The summed E-state index contributed by atoms with van der Waals surface area (Å²) in [5.74, 6) is 2.84. The van der Waals surface area contributed by atoms with Gasteiger partial charge < -0.3 is 15.0 Å². The van der Waals surface area contributed by atoms with Crippen LogP contribution in [0.25, 0.3) is 0 Å². The highest BCUT2D eigenvalue weighted by Gasteiger charge is 2.51. The number of nitrogens with one attached hydrogen (secondary N) is 1. The lowest BCUT2D eigenvalue weighted by atomic mass is 9.48. The number of aliphatic hydroxyl groups excluding tert-OH is 1. The van der Waals surface area contributed by atoms with Crippen LogP contribution in [0.1, 0.15) is 109 Å². The molecule has 0 unspecified atom stereocenters. The first-order valence-electron chi connectivity index (χ1n) is 16.8. The molecule has 2 aromatic heterocycles. The Kier molecular flexibility index (Phi) is 7.29. The van der Waals surface area contributed by atoms with Gasteiger partial charge >= 0.3 is 6.18 Å². The van der Waals surface area contributed by atoms with Gasteiger partial charge in [-0.2, -0.15) is 13.2 Å². The van der Waals surface area contributed by atoms with Gasteiger partial charge in [0.05, 0.1) is 28.8 Å². The summed E-state index contributed by atoms with van der Waals surface area (Å²) in [6.07, 6.45) is 7.61. The van der Waals surface area contributed by atoms with Crippen molar-refractivity contribution < 1.29 is 23.1 Å². The van der Waals surface area contributed by atoms with Gasteiger partial charge in [-0.15, -0.1) is 11.3 Å². The standard InChI is InChI=1S/C36H40F3N3O3S/c37-36(38,39)26-4-1-3-25(15-26)30(43)32(45)42-10-2-5-28-27(19-42)31(44)41-33(40-28)35(8-9-35)29-14-21(20-46-29)6-7-34-16-22-11-23(17-34)13-24(12-22)18-34/h1,3-4,14-15,20,22-24,30,43H,2,5-13,16-19H2,(H,40,41,44)/t22?,23?,24?,30-,34?/m1/s1. The van der Waals surface area contributed by atoms with Crippen molar-refractivity contribution in [2.75, 3.05) is 6.54 Å². The van der Waals surface area contributed by atoms with Crippen LogP contribution in [-0.4, -0.2) is 32.4 Å². The van der Waals surface area contributed by atoms with Gasteiger partial charge in [-0.3, -0.25) is 9.59 Å². The molecule has 46 heavy (non-hydrogen) atoms. The summed E-state index contributed by atoms with van der Waals surface area (Å²) in [5.41, 5.74) is 1.36. The molecule has 1 aromatic carbocycles. The van der Waals surface area contributed by atoms with E-state index in [2.05, 4.69) is 16.4 Å². The van der Waals surface area contributed by atoms with Crippen molar-refractivity contribution in [1.82, 2.24) is 14.9 Å². The van der Waals surface area contributed by atoms with E-state index in [1.54, 1.807) is 11.3 Å². The first-order valence-corrected chi connectivity index (χ1v) is 17.7. The van der Waals surface area contributed by atoms with Crippen LogP contribution in [-0.2, 0) is 35.8 Å². The minimum Gasteiger partial charge on any atom is -0.378 e. The summed E-state index contributed by atoms with van der Waals surface area (Å²) in [5, 5.41) is 13.0. The van der Waals surface area contributed by atoms with E-state index in [9.17, 15) is 27.9 Å². The highest BCUT2D eigenvalue weighted by atomic mass is 32.1. The van der Waals surface area contributed by atoms with Crippen molar-refractivity contribution in [2.45, 2.75) is 101 Å². The molecule has 6 nitrogen and oxygen atoms in total. The van der Waals surface area contributed by atoms with Gasteiger partial charge in [0.2, 0.25) is 0 Å². The average molecular weight is 652 g/mol. The maximum atomic E-state index is 13.5. The van der Waals surface area contributed by atoms with E-state index in [1.165, 1.54) is 72.4 Å². The molecule has 0 spiro atoms. The van der Waals surface area contributed by atoms with E-state index < -0.39 is 23.8 Å². The fraction of sp³-hybridized carbons (Fsp3) is 0.583. The SMILES string of the molecule is O=C([C@H](O)c1cccc(C(F)(F)F)c1)N1CCCc2nc(C3(c4cc(CCC56CC7CC(CC(C7)C5)C6)cs4)CC3)[nH]c(=O)c2C1. The van der Waals surface area contributed by atoms with Gasteiger partial charge in [-0.25, -0.2) is 4.98 Å². The minimum atomic E-state index is -4.59. The number of hydrogen-bond donors (Lipinski definition) is 2. The molecule has 5 aliphatic carbocycles. The van der Waals surface area contributed by atoms with Crippen LogP contribution < -0.4 is 5.56 Å². The number of hydrogen-bond acceptors (Lipinski definition) is 5. The Morgan fingerprint density at radius 2 is 1.83 bits per heavy atom. The quantitative estimate of drug-likeness (QED) is 0.286. The Morgan fingerprint density at radius 3 is 2.50 bits per heavy atom. The molecule has 6 aliphatic rings. The molecule has 1 atom stereocenters. The molecule has 9 rings (SSSR count). The van der Waals surface area contributed by atoms with Crippen molar-refractivity contribution in [3.8, 4) is 0 Å². The molecule has 3 aromatic rings. The van der Waals surface area contributed by atoms with Gasteiger partial charge in [0.25, 0.3) is 11.5 Å². The number of fused-ring (bicyclic) bond motifs is 1. The van der Waals surface area contributed by atoms with E-state index >= 15 is 0 Å². The third kappa shape index (κ3) is 5.43. The van der Waals surface area contributed by atoms with Crippen molar-refractivity contribution in [3.63, 3.8) is 0 Å². The fourth-order valence-corrected chi connectivity index (χ4v) is 10.9.